The zero-order valence-corrected chi connectivity index (χ0v) is 19.8. The second kappa shape index (κ2) is 8.55. The second-order valence-corrected chi connectivity index (χ2v) is 9.11. The van der Waals surface area contributed by atoms with E-state index in [1.54, 1.807) is 7.11 Å². The van der Waals surface area contributed by atoms with Crippen molar-refractivity contribution in [3.8, 4) is 17.0 Å². The molecule has 0 aliphatic carbocycles. The van der Waals surface area contributed by atoms with Gasteiger partial charge in [0.05, 0.1) is 30.8 Å². The summed E-state index contributed by atoms with van der Waals surface area (Å²) >= 11 is 0. The molecule has 0 spiro atoms. The van der Waals surface area contributed by atoms with Crippen LogP contribution in [0.1, 0.15) is 23.1 Å². The Labute approximate surface area is 203 Å². The maximum absolute atomic E-state index is 11.9. The molecule has 1 aliphatic heterocycles. The summed E-state index contributed by atoms with van der Waals surface area (Å²) in [5, 5.41) is 9.94. The number of methoxy groups -OCH3 is 1. The van der Waals surface area contributed by atoms with Gasteiger partial charge in [-0.05, 0) is 48.1 Å². The number of rotatable bonds is 6. The first-order valence-corrected chi connectivity index (χ1v) is 11.9. The molecular weight excluding hydrogens is 436 g/mol. The summed E-state index contributed by atoms with van der Waals surface area (Å²) in [6.45, 7) is 0. The van der Waals surface area contributed by atoms with Crippen molar-refractivity contribution in [2.24, 2.45) is 7.05 Å². The fraction of sp³-hybridized carbons (Fsp3) is 0.207. The van der Waals surface area contributed by atoms with Crippen molar-refractivity contribution in [3.63, 3.8) is 0 Å². The number of anilines is 1. The molecule has 6 rings (SSSR count). The van der Waals surface area contributed by atoms with E-state index in [-0.39, 0.29) is 5.91 Å². The van der Waals surface area contributed by atoms with Gasteiger partial charge in [0.15, 0.2) is 0 Å². The quantitative estimate of drug-likeness (QED) is 0.363. The number of nitrogens with zero attached hydrogens (tertiary/aromatic N) is 3. The molecule has 0 saturated heterocycles. The highest BCUT2D eigenvalue weighted by Gasteiger charge is 2.21. The first-order chi connectivity index (χ1) is 17.1. The van der Waals surface area contributed by atoms with Crippen LogP contribution in [0.5, 0.6) is 5.75 Å². The van der Waals surface area contributed by atoms with Gasteiger partial charge in [-0.1, -0.05) is 42.5 Å². The molecule has 3 aromatic carbocycles. The number of amides is 1. The maximum atomic E-state index is 11.9. The summed E-state index contributed by atoms with van der Waals surface area (Å²) in [4.78, 5) is 16.6. The lowest BCUT2D eigenvalue weighted by molar-refractivity contribution is -0.115. The van der Waals surface area contributed by atoms with Gasteiger partial charge in [0.1, 0.15) is 11.4 Å². The number of ether oxygens (including phenoxy) is 1. The van der Waals surface area contributed by atoms with Gasteiger partial charge in [-0.15, -0.1) is 0 Å². The van der Waals surface area contributed by atoms with E-state index in [1.165, 1.54) is 11.1 Å². The molecule has 0 saturated carbocycles. The number of carbonyl (C=O) groups excluding carboxylic acids is 1. The Balaban J connectivity index is 1.45. The maximum Gasteiger partial charge on any atom is 0.228 e. The number of hydrogen-bond acceptors (Lipinski definition) is 4. The van der Waals surface area contributed by atoms with Crippen molar-refractivity contribution in [2.75, 3.05) is 12.4 Å². The van der Waals surface area contributed by atoms with E-state index in [4.69, 9.17) is 14.8 Å². The van der Waals surface area contributed by atoms with Crippen LogP contribution in [0.4, 0.5) is 5.69 Å². The van der Waals surface area contributed by atoms with E-state index in [0.29, 0.717) is 6.42 Å². The van der Waals surface area contributed by atoms with Crippen LogP contribution in [0.25, 0.3) is 33.1 Å². The molecule has 3 heterocycles. The standard InChI is InChI=1S/C29H26N4O2/c1-33-25-17-30-24-16-26(35-2)20(10-6-9-18-7-4-3-5-8-18)13-22(24)28(25)29(32-33)21-12-11-19-15-27(34)31-23(19)14-21/h3-5,7-8,11-14,16-17H,6,9-10,15H2,1-2H3,(H,31,34). The van der Waals surface area contributed by atoms with E-state index < -0.39 is 0 Å². The molecule has 1 amide bonds. The van der Waals surface area contributed by atoms with Gasteiger partial charge in [-0.3, -0.25) is 14.5 Å². The summed E-state index contributed by atoms with van der Waals surface area (Å²) in [5.74, 6) is 0.896. The van der Waals surface area contributed by atoms with Crippen molar-refractivity contribution in [2.45, 2.75) is 25.7 Å². The van der Waals surface area contributed by atoms with E-state index in [9.17, 15) is 4.79 Å². The van der Waals surface area contributed by atoms with Gasteiger partial charge >= 0.3 is 0 Å². The normalized spacial score (nSPS) is 12.8. The molecule has 1 aliphatic rings. The van der Waals surface area contributed by atoms with Gasteiger partial charge < -0.3 is 10.1 Å². The molecule has 5 aromatic rings. The third-order valence-electron chi connectivity index (χ3n) is 6.85. The zero-order chi connectivity index (χ0) is 23.9. The average molecular weight is 463 g/mol. The largest absolute Gasteiger partial charge is 0.496 e. The van der Waals surface area contributed by atoms with Crippen molar-refractivity contribution >= 4 is 33.4 Å². The Hall–Kier alpha value is -4.19. The number of aryl methyl sites for hydroxylation is 3. The van der Waals surface area contributed by atoms with E-state index in [2.05, 4.69) is 47.8 Å². The van der Waals surface area contributed by atoms with Gasteiger partial charge in [-0.25, -0.2) is 0 Å². The summed E-state index contributed by atoms with van der Waals surface area (Å²) < 4.78 is 7.62. The van der Waals surface area contributed by atoms with Crippen LogP contribution in [-0.4, -0.2) is 27.8 Å². The average Bonchev–Trinajstić information content (AvgIpc) is 3.42. The fourth-order valence-corrected chi connectivity index (χ4v) is 5.08. The predicted octanol–water partition coefficient (Wildman–Crippen LogP) is 5.47. The molecule has 0 fully saturated rings. The number of nitrogens with one attached hydrogen (secondary N) is 1. The fourth-order valence-electron chi connectivity index (χ4n) is 5.08. The van der Waals surface area contributed by atoms with E-state index in [1.807, 2.05) is 36.1 Å². The van der Waals surface area contributed by atoms with Crippen LogP contribution in [0, 0.1) is 0 Å². The number of carbonyl (C=O) groups is 1. The summed E-state index contributed by atoms with van der Waals surface area (Å²) in [7, 11) is 3.66. The van der Waals surface area contributed by atoms with Crippen LogP contribution >= 0.6 is 0 Å². The molecule has 0 radical (unpaired) electrons. The van der Waals surface area contributed by atoms with Crippen molar-refractivity contribution in [1.29, 1.82) is 0 Å². The van der Waals surface area contributed by atoms with Gasteiger partial charge in [-0.2, -0.15) is 5.10 Å². The van der Waals surface area contributed by atoms with Crippen molar-refractivity contribution < 1.29 is 9.53 Å². The number of aromatic nitrogens is 3. The number of benzene rings is 3. The zero-order valence-electron chi connectivity index (χ0n) is 19.8. The van der Waals surface area contributed by atoms with Crippen LogP contribution in [0.2, 0.25) is 0 Å². The number of pyridine rings is 1. The highest BCUT2D eigenvalue weighted by atomic mass is 16.5. The first-order valence-electron chi connectivity index (χ1n) is 11.9. The number of hydrogen-bond donors (Lipinski definition) is 1. The van der Waals surface area contributed by atoms with Crippen LogP contribution in [-0.2, 0) is 31.1 Å². The van der Waals surface area contributed by atoms with Gasteiger partial charge in [0.2, 0.25) is 5.91 Å². The highest BCUT2D eigenvalue weighted by Crippen LogP contribution is 2.37. The van der Waals surface area contributed by atoms with Crippen LogP contribution in [0.15, 0.2) is 66.9 Å². The molecule has 6 nitrogen and oxygen atoms in total. The van der Waals surface area contributed by atoms with Crippen LogP contribution < -0.4 is 10.1 Å². The lowest BCUT2D eigenvalue weighted by Crippen LogP contribution is -2.03. The SMILES string of the molecule is COc1cc2ncc3c(c(-c4ccc5c(c4)NC(=O)C5)nn3C)c2cc1CCCc1ccccc1. The monoisotopic (exact) mass is 462 g/mol. The molecule has 1 N–H and O–H groups in total. The third kappa shape index (κ3) is 3.81. The van der Waals surface area contributed by atoms with Crippen molar-refractivity contribution in [3.05, 3.63) is 83.6 Å². The smallest absolute Gasteiger partial charge is 0.228 e. The molecule has 6 heteroatoms. The molecule has 0 unspecified atom stereocenters. The third-order valence-corrected chi connectivity index (χ3v) is 6.85. The minimum atomic E-state index is 0.0323. The minimum absolute atomic E-state index is 0.0323. The molecular formula is C29H26N4O2. The molecule has 35 heavy (non-hydrogen) atoms. The van der Waals surface area contributed by atoms with Crippen LogP contribution in [0.3, 0.4) is 0 Å². The summed E-state index contributed by atoms with van der Waals surface area (Å²) in [5.41, 5.74) is 8.12. The Morgan fingerprint density at radius 2 is 1.91 bits per heavy atom. The lowest BCUT2D eigenvalue weighted by atomic mass is 9.98. The highest BCUT2D eigenvalue weighted by molar-refractivity contribution is 6.12. The lowest BCUT2D eigenvalue weighted by Gasteiger charge is -2.12. The summed E-state index contributed by atoms with van der Waals surface area (Å²) in [6.07, 6.45) is 5.25. The van der Waals surface area contributed by atoms with E-state index >= 15 is 0 Å². The summed E-state index contributed by atoms with van der Waals surface area (Å²) in [6, 6.07) is 20.9. The van der Waals surface area contributed by atoms with Gasteiger partial charge in [0.25, 0.3) is 0 Å². The second-order valence-electron chi connectivity index (χ2n) is 9.11. The molecule has 0 atom stereocenters. The molecule has 0 bridgehead atoms. The Morgan fingerprint density at radius 1 is 1.06 bits per heavy atom. The predicted molar refractivity (Wildman–Crippen MR) is 139 cm³/mol. The molecule has 2 aromatic heterocycles. The number of fused-ring (bicyclic) bond motifs is 4. The van der Waals surface area contributed by atoms with Crippen molar-refractivity contribution in [1.82, 2.24) is 14.8 Å². The Morgan fingerprint density at radius 3 is 2.74 bits per heavy atom. The Kier molecular flexibility index (Phi) is 5.21. The molecule has 174 valence electrons. The topological polar surface area (TPSA) is 69.0 Å². The first kappa shape index (κ1) is 21.4. The van der Waals surface area contributed by atoms with E-state index in [0.717, 1.165) is 69.3 Å². The van der Waals surface area contributed by atoms with Gasteiger partial charge in [0, 0.05) is 35.1 Å². The minimum Gasteiger partial charge on any atom is -0.496 e. The Bertz CT molecular complexity index is 1590.